The van der Waals surface area contributed by atoms with E-state index in [-0.39, 0.29) is 55.8 Å². The zero-order valence-corrected chi connectivity index (χ0v) is 32.1. The SMILES string of the molecule is Cc1ccc(S(=O)(=O)NC(=O)NS(=O)(=O)c2ccc(C)c(Nc3cc(O)c4ccc(S(=O)(=O)O)cc4c3)c2)cc1Nc1cc(O)c2ccc(S(=O)(=O)O)cc2c1. The molecule has 6 aromatic carbocycles. The Balaban J connectivity index is 1.20. The molecular formula is C35H30N4O13S4. The van der Waals surface area contributed by atoms with Gasteiger partial charge in [-0.05, 0) is 109 Å². The molecule has 0 fully saturated rings. The minimum Gasteiger partial charge on any atom is -0.507 e. The summed E-state index contributed by atoms with van der Waals surface area (Å²) in [5.74, 6) is -0.511. The molecule has 6 aromatic rings. The lowest BCUT2D eigenvalue weighted by atomic mass is 10.1. The molecule has 17 nitrogen and oxygen atoms in total. The van der Waals surface area contributed by atoms with Gasteiger partial charge in [-0.25, -0.2) is 31.1 Å². The summed E-state index contributed by atoms with van der Waals surface area (Å²) in [7, 11) is -18.5. The van der Waals surface area contributed by atoms with Gasteiger partial charge in [-0.15, -0.1) is 0 Å². The van der Waals surface area contributed by atoms with E-state index in [4.69, 9.17) is 0 Å². The number of rotatable bonds is 10. The number of sulfonamides is 2. The van der Waals surface area contributed by atoms with Gasteiger partial charge >= 0.3 is 6.03 Å². The molecule has 0 bridgehead atoms. The molecule has 0 unspecified atom stereocenters. The lowest BCUT2D eigenvalue weighted by Gasteiger charge is -2.15. The van der Waals surface area contributed by atoms with E-state index in [1.807, 2.05) is 0 Å². The number of urea groups is 1. The summed E-state index contributed by atoms with van der Waals surface area (Å²) in [6.07, 6.45) is 0. The van der Waals surface area contributed by atoms with Crippen LogP contribution in [0.5, 0.6) is 11.5 Å². The monoisotopic (exact) mass is 842 g/mol. The van der Waals surface area contributed by atoms with Gasteiger partial charge in [0, 0.05) is 45.7 Å². The lowest BCUT2D eigenvalue weighted by Crippen LogP contribution is -2.42. The van der Waals surface area contributed by atoms with Crippen LogP contribution in [0.4, 0.5) is 27.5 Å². The van der Waals surface area contributed by atoms with Crippen molar-refractivity contribution in [2.75, 3.05) is 10.6 Å². The fourth-order valence-electron chi connectivity index (χ4n) is 5.62. The number of phenolic OH excluding ortho intramolecular Hbond substituents is 2. The van der Waals surface area contributed by atoms with Crippen molar-refractivity contribution in [1.82, 2.24) is 9.44 Å². The Kier molecular flexibility index (Phi) is 10.1. The minimum atomic E-state index is -4.70. The third-order valence-corrected chi connectivity index (χ3v) is 12.8. The Bertz CT molecular complexity index is 2880. The van der Waals surface area contributed by atoms with E-state index in [0.29, 0.717) is 11.1 Å². The molecule has 0 aliphatic heterocycles. The van der Waals surface area contributed by atoms with Gasteiger partial charge in [0.2, 0.25) is 0 Å². The summed E-state index contributed by atoms with van der Waals surface area (Å²) in [5.41, 5.74) is 1.79. The number of benzene rings is 6. The predicted molar refractivity (Wildman–Crippen MR) is 206 cm³/mol. The van der Waals surface area contributed by atoms with Gasteiger partial charge in [-0.1, -0.05) is 12.1 Å². The smallest absolute Gasteiger partial charge is 0.342 e. The fourth-order valence-corrected chi connectivity index (χ4v) is 8.58. The summed E-state index contributed by atoms with van der Waals surface area (Å²) in [6.45, 7) is 3.24. The molecule has 6 rings (SSSR count). The van der Waals surface area contributed by atoms with E-state index < -0.39 is 65.9 Å². The molecule has 56 heavy (non-hydrogen) atoms. The molecule has 0 radical (unpaired) electrons. The van der Waals surface area contributed by atoms with Gasteiger partial charge < -0.3 is 20.8 Å². The van der Waals surface area contributed by atoms with E-state index in [1.54, 1.807) is 23.3 Å². The molecule has 21 heteroatoms. The zero-order valence-electron chi connectivity index (χ0n) is 28.8. The Morgan fingerprint density at radius 2 is 0.839 bits per heavy atom. The molecule has 2 amide bonds. The van der Waals surface area contributed by atoms with Crippen LogP contribution in [0, 0.1) is 13.8 Å². The quantitative estimate of drug-likeness (QED) is 0.0804. The van der Waals surface area contributed by atoms with Gasteiger partial charge in [-0.3, -0.25) is 9.11 Å². The van der Waals surface area contributed by atoms with Crippen LogP contribution in [0.15, 0.2) is 117 Å². The van der Waals surface area contributed by atoms with Crippen LogP contribution in [0.2, 0.25) is 0 Å². The van der Waals surface area contributed by atoms with E-state index in [9.17, 15) is 57.8 Å². The molecule has 0 aliphatic carbocycles. The van der Waals surface area contributed by atoms with Crippen molar-refractivity contribution < 1.29 is 57.8 Å². The lowest BCUT2D eigenvalue weighted by molar-refractivity contribution is 0.250. The summed E-state index contributed by atoms with van der Waals surface area (Å²) >= 11 is 0. The van der Waals surface area contributed by atoms with Crippen LogP contribution in [0.1, 0.15) is 11.1 Å². The maximum Gasteiger partial charge on any atom is 0.342 e. The van der Waals surface area contributed by atoms with Crippen LogP contribution in [-0.4, -0.2) is 59.0 Å². The summed E-state index contributed by atoms with van der Waals surface area (Å²) < 4.78 is 122. The number of fused-ring (bicyclic) bond motifs is 2. The van der Waals surface area contributed by atoms with Crippen molar-refractivity contribution >= 4 is 90.6 Å². The van der Waals surface area contributed by atoms with Crippen LogP contribution in [0.25, 0.3) is 21.5 Å². The second-order valence-corrected chi connectivity index (χ2v) is 18.7. The number of hydrogen-bond acceptors (Lipinski definition) is 13. The number of aryl methyl sites for hydroxylation is 2. The van der Waals surface area contributed by atoms with Crippen molar-refractivity contribution in [2.24, 2.45) is 0 Å². The Morgan fingerprint density at radius 3 is 1.20 bits per heavy atom. The Morgan fingerprint density at radius 1 is 0.482 bits per heavy atom. The zero-order chi connectivity index (χ0) is 41.0. The number of phenols is 2. The Labute approximate surface area is 320 Å². The van der Waals surface area contributed by atoms with Crippen LogP contribution in [-0.2, 0) is 40.3 Å². The molecule has 0 heterocycles. The van der Waals surface area contributed by atoms with Crippen LogP contribution < -0.4 is 20.1 Å². The molecule has 0 atom stereocenters. The van der Waals surface area contributed by atoms with Crippen LogP contribution in [0.3, 0.4) is 0 Å². The summed E-state index contributed by atoms with van der Waals surface area (Å²) in [5, 5.41) is 27.9. The highest BCUT2D eigenvalue weighted by molar-refractivity contribution is 7.91. The largest absolute Gasteiger partial charge is 0.507 e. The molecular weight excluding hydrogens is 813 g/mol. The molecule has 8 N–H and O–H groups in total. The second kappa shape index (κ2) is 14.3. The third kappa shape index (κ3) is 8.46. The number of nitrogens with one attached hydrogen (secondary N) is 4. The number of carbonyl (C=O) groups is 1. The van der Waals surface area contributed by atoms with Crippen molar-refractivity contribution in [1.29, 1.82) is 0 Å². The first-order chi connectivity index (χ1) is 26.0. The third-order valence-electron chi connectivity index (χ3n) is 8.45. The summed E-state index contributed by atoms with van der Waals surface area (Å²) in [4.78, 5) is 11.1. The Hall–Kier alpha value is -5.97. The van der Waals surface area contributed by atoms with Gasteiger partial charge in [0.25, 0.3) is 40.3 Å². The van der Waals surface area contributed by atoms with E-state index in [2.05, 4.69) is 10.6 Å². The highest BCUT2D eigenvalue weighted by Gasteiger charge is 2.25. The molecule has 0 aliphatic rings. The standard InChI is InChI=1S/C35H30N4O13S4/c1-19-3-5-25(17-31(19)36-23-11-21-13-27(55(47,48)49)7-9-29(21)33(40)15-23)53(43,44)38-35(42)39-54(45,46)26-6-4-20(2)32(18-26)37-24-12-22-14-28(56(50,51)52)8-10-30(22)34(41)16-24/h3-18,36-37,40-41H,1-2H3,(H2,38,39,42)(H,47,48,49)(H,50,51,52). The maximum absolute atomic E-state index is 13.2. The molecule has 0 spiro atoms. The average molecular weight is 843 g/mol. The second-order valence-electron chi connectivity index (χ2n) is 12.5. The average Bonchev–Trinajstić information content (AvgIpc) is 3.08. The fraction of sp³-hybridized carbons (Fsp3) is 0.0571. The van der Waals surface area contributed by atoms with Gasteiger partial charge in [-0.2, -0.15) is 16.8 Å². The molecule has 0 saturated carbocycles. The number of amides is 2. The van der Waals surface area contributed by atoms with Crippen molar-refractivity contribution in [3.63, 3.8) is 0 Å². The first kappa shape index (κ1) is 39.7. The van der Waals surface area contributed by atoms with E-state index in [1.165, 1.54) is 48.5 Å². The number of hydrogen-bond donors (Lipinski definition) is 8. The van der Waals surface area contributed by atoms with E-state index >= 15 is 0 Å². The van der Waals surface area contributed by atoms with Crippen molar-refractivity contribution in [2.45, 2.75) is 33.4 Å². The first-order valence-electron chi connectivity index (χ1n) is 15.8. The van der Waals surface area contributed by atoms with Crippen molar-refractivity contribution in [3.05, 3.63) is 108 Å². The predicted octanol–water partition coefficient (Wildman–Crippen LogP) is 5.38. The van der Waals surface area contributed by atoms with Gasteiger partial charge in [0.1, 0.15) is 11.5 Å². The maximum atomic E-state index is 13.2. The first-order valence-corrected chi connectivity index (χ1v) is 21.7. The highest BCUT2D eigenvalue weighted by Crippen LogP contribution is 2.35. The number of aromatic hydroxyl groups is 2. The summed E-state index contributed by atoms with van der Waals surface area (Å²) in [6, 6.07) is 18.4. The highest BCUT2D eigenvalue weighted by atomic mass is 32.2. The number of carbonyl (C=O) groups excluding carboxylic acids is 1. The normalized spacial score (nSPS) is 12.4. The van der Waals surface area contributed by atoms with Gasteiger partial charge in [0.15, 0.2) is 0 Å². The molecule has 0 aromatic heterocycles. The van der Waals surface area contributed by atoms with Crippen LogP contribution >= 0.6 is 0 Å². The van der Waals surface area contributed by atoms with E-state index in [0.717, 1.165) is 48.5 Å². The van der Waals surface area contributed by atoms with Gasteiger partial charge in [0.05, 0.1) is 19.6 Å². The van der Waals surface area contributed by atoms with Crippen molar-refractivity contribution in [3.8, 4) is 11.5 Å². The minimum absolute atomic E-state index is 0.184. The topological polar surface area (TPSA) is 283 Å². The molecule has 292 valence electrons. The molecule has 0 saturated heterocycles. The number of anilines is 4.